The van der Waals surface area contributed by atoms with E-state index < -0.39 is 0 Å². The molecular weight excluding hydrogens is 376 g/mol. The molecule has 2 rings (SSSR count). The molecule has 22 heavy (non-hydrogen) atoms. The third-order valence-corrected chi connectivity index (χ3v) is 4.20. The van der Waals surface area contributed by atoms with Gasteiger partial charge in [0.1, 0.15) is 0 Å². The van der Waals surface area contributed by atoms with Gasteiger partial charge in [-0.05, 0) is 76.5 Å². The van der Waals surface area contributed by atoms with Crippen LogP contribution in [0.1, 0.15) is 57.8 Å². The van der Waals surface area contributed by atoms with Gasteiger partial charge in [-0.15, -0.1) is 0 Å². The summed E-state index contributed by atoms with van der Waals surface area (Å²) >= 11 is 3.47. The summed E-state index contributed by atoms with van der Waals surface area (Å²) in [4.78, 5) is 0. The van der Waals surface area contributed by atoms with Crippen LogP contribution in [0.2, 0.25) is 0 Å². The molecule has 0 unspecified atom stereocenters. The Bertz CT molecular complexity index is 190. The van der Waals surface area contributed by atoms with Crippen LogP contribution in [-0.2, 0) is 17.1 Å². The Balaban J connectivity index is 0.000000622. The quantitative estimate of drug-likeness (QED) is 0.227. The predicted molar refractivity (Wildman–Crippen MR) is 97.3 cm³/mol. The maximum atomic E-state index is 3.47. The minimum absolute atomic E-state index is 0. The van der Waals surface area contributed by atoms with Crippen LogP contribution in [0.5, 0.6) is 0 Å². The van der Waals surface area contributed by atoms with E-state index in [1.54, 1.807) is 0 Å². The molecule has 121 valence electrons. The molecular formula is C20H29BrFe+3. The van der Waals surface area contributed by atoms with Gasteiger partial charge in [0, 0.05) is 5.33 Å². The van der Waals surface area contributed by atoms with Crippen molar-refractivity contribution in [2.45, 2.75) is 57.8 Å². The van der Waals surface area contributed by atoms with Crippen molar-refractivity contribution in [2.75, 3.05) is 5.33 Å². The van der Waals surface area contributed by atoms with Crippen LogP contribution >= 0.6 is 15.9 Å². The van der Waals surface area contributed by atoms with E-state index in [1.165, 1.54) is 69.0 Å². The SMILES string of the molecule is BrCCCCCCCCCC[C]1[CH][CH][CH][CH]1.[CH]1[CH][CH][CH][CH]1.[Fe+3]. The second kappa shape index (κ2) is 18.3. The van der Waals surface area contributed by atoms with E-state index >= 15 is 0 Å². The average molecular weight is 405 g/mol. The Hall–Kier alpha value is 0.999. The molecule has 0 amide bonds. The molecule has 0 nitrogen and oxygen atoms in total. The summed E-state index contributed by atoms with van der Waals surface area (Å²) in [6.07, 6.45) is 31.3. The summed E-state index contributed by atoms with van der Waals surface area (Å²) in [6.45, 7) is 0. The monoisotopic (exact) mass is 404 g/mol. The van der Waals surface area contributed by atoms with Crippen molar-refractivity contribution in [3.8, 4) is 0 Å². The second-order valence-corrected chi connectivity index (χ2v) is 6.32. The summed E-state index contributed by atoms with van der Waals surface area (Å²) in [7, 11) is 0. The zero-order chi connectivity index (χ0) is 15.0. The van der Waals surface area contributed by atoms with Crippen molar-refractivity contribution < 1.29 is 17.1 Å². The van der Waals surface area contributed by atoms with E-state index in [0.29, 0.717) is 0 Å². The van der Waals surface area contributed by atoms with Crippen LogP contribution in [0.4, 0.5) is 0 Å². The van der Waals surface area contributed by atoms with Gasteiger partial charge in [0.05, 0.1) is 0 Å². The molecule has 2 fully saturated rings. The van der Waals surface area contributed by atoms with Crippen molar-refractivity contribution in [2.24, 2.45) is 0 Å². The summed E-state index contributed by atoms with van der Waals surface area (Å²) in [5.74, 6) is 1.51. The number of alkyl halides is 1. The molecule has 2 saturated carbocycles. The smallest absolute Gasteiger partial charge is 0.0928 e. The molecule has 0 aromatic carbocycles. The summed E-state index contributed by atoms with van der Waals surface area (Å²) in [5.41, 5.74) is 0. The van der Waals surface area contributed by atoms with Crippen LogP contribution in [0, 0.1) is 63.7 Å². The van der Waals surface area contributed by atoms with Crippen molar-refractivity contribution in [1.29, 1.82) is 0 Å². The van der Waals surface area contributed by atoms with E-state index in [-0.39, 0.29) is 17.1 Å². The van der Waals surface area contributed by atoms with E-state index in [1.807, 2.05) is 32.1 Å². The van der Waals surface area contributed by atoms with E-state index in [2.05, 4.69) is 41.6 Å². The van der Waals surface area contributed by atoms with Gasteiger partial charge in [0.15, 0.2) is 0 Å². The standard InChI is InChI=1S/C15H24Br.C5H5.Fe/c16-14-10-6-4-2-1-3-5-7-11-15-12-8-9-13-15;1-2-4-5-3-1;/h8-9,12-13H,1-7,10-11,14H2;1-5H;/q;;+3. The first-order valence-electron chi connectivity index (χ1n) is 8.36. The number of unbranched alkanes of at least 4 members (excludes halogenated alkanes) is 7. The molecule has 2 aliphatic rings. The number of halogens is 1. The third-order valence-electron chi connectivity index (χ3n) is 3.64. The molecule has 2 heteroatoms. The number of hydrogen-bond donors (Lipinski definition) is 0. The van der Waals surface area contributed by atoms with Crippen LogP contribution in [0.25, 0.3) is 0 Å². The molecule has 2 aliphatic carbocycles. The van der Waals surface area contributed by atoms with Gasteiger partial charge in [-0.25, -0.2) is 0 Å². The Labute approximate surface area is 159 Å². The normalized spacial score (nSPS) is 17.9. The maximum absolute atomic E-state index is 3.47. The largest absolute Gasteiger partial charge is 3.00 e. The molecule has 0 aromatic rings. The molecule has 0 spiro atoms. The van der Waals surface area contributed by atoms with Gasteiger partial charge in [-0.3, -0.25) is 0 Å². The topological polar surface area (TPSA) is 0 Å². The predicted octanol–water partition coefficient (Wildman–Crippen LogP) is 6.32. The van der Waals surface area contributed by atoms with Crippen LogP contribution in [0.3, 0.4) is 0 Å². The van der Waals surface area contributed by atoms with Gasteiger partial charge in [-0.2, -0.15) is 0 Å². The maximum Gasteiger partial charge on any atom is 3.00 e. The van der Waals surface area contributed by atoms with Crippen LogP contribution < -0.4 is 0 Å². The number of rotatable bonds is 10. The van der Waals surface area contributed by atoms with Crippen LogP contribution in [-0.4, -0.2) is 5.33 Å². The number of hydrogen-bond acceptors (Lipinski definition) is 0. The minimum atomic E-state index is 0. The van der Waals surface area contributed by atoms with Gasteiger partial charge < -0.3 is 0 Å². The van der Waals surface area contributed by atoms with Crippen molar-refractivity contribution in [3.63, 3.8) is 0 Å². The van der Waals surface area contributed by atoms with Crippen LogP contribution in [0.15, 0.2) is 0 Å². The third kappa shape index (κ3) is 14.6. The first kappa shape index (κ1) is 23.0. The summed E-state index contributed by atoms with van der Waals surface area (Å²) < 4.78 is 0. The van der Waals surface area contributed by atoms with E-state index in [0.717, 1.165) is 0 Å². The van der Waals surface area contributed by atoms with E-state index in [4.69, 9.17) is 0 Å². The zero-order valence-electron chi connectivity index (χ0n) is 13.5. The van der Waals surface area contributed by atoms with Gasteiger partial charge in [-0.1, -0.05) is 60.9 Å². The van der Waals surface area contributed by atoms with Gasteiger partial charge >= 0.3 is 17.1 Å². The fraction of sp³-hybridized carbons (Fsp3) is 0.500. The fourth-order valence-corrected chi connectivity index (χ4v) is 2.78. The zero-order valence-corrected chi connectivity index (χ0v) is 16.2. The van der Waals surface area contributed by atoms with E-state index in [9.17, 15) is 0 Å². The molecule has 0 aromatic heterocycles. The molecule has 0 aliphatic heterocycles. The molecule has 0 atom stereocenters. The molecule has 0 saturated heterocycles. The average Bonchev–Trinajstić information content (AvgIpc) is 3.21. The Morgan fingerprint density at radius 2 is 0.955 bits per heavy atom. The van der Waals surface area contributed by atoms with Crippen molar-refractivity contribution in [1.82, 2.24) is 0 Å². The van der Waals surface area contributed by atoms with Gasteiger partial charge in [0.25, 0.3) is 0 Å². The molecule has 11 radical (unpaired) electrons. The van der Waals surface area contributed by atoms with Crippen molar-refractivity contribution >= 4 is 15.9 Å². The fourth-order valence-electron chi connectivity index (χ4n) is 2.39. The Kier molecular flexibility index (Phi) is 19.2. The molecule has 0 heterocycles. The first-order valence-corrected chi connectivity index (χ1v) is 9.49. The molecule has 0 bridgehead atoms. The van der Waals surface area contributed by atoms with Gasteiger partial charge in [0.2, 0.25) is 0 Å². The Morgan fingerprint density at radius 3 is 1.41 bits per heavy atom. The Morgan fingerprint density at radius 1 is 0.545 bits per heavy atom. The minimum Gasteiger partial charge on any atom is -0.0928 e. The second-order valence-electron chi connectivity index (χ2n) is 5.52. The summed E-state index contributed by atoms with van der Waals surface area (Å²) in [5, 5.41) is 1.17. The molecule has 0 N–H and O–H groups in total. The first-order chi connectivity index (χ1) is 10.4. The summed E-state index contributed by atoms with van der Waals surface area (Å²) in [6, 6.07) is 0. The van der Waals surface area contributed by atoms with Crippen molar-refractivity contribution in [3.05, 3.63) is 63.7 Å².